The highest BCUT2D eigenvalue weighted by Crippen LogP contribution is 2.05. The molecule has 1 amide bonds. The summed E-state index contributed by atoms with van der Waals surface area (Å²) in [6, 6.07) is -0.183. The average Bonchev–Trinajstić information content (AvgIpc) is 2.56. The summed E-state index contributed by atoms with van der Waals surface area (Å²) in [7, 11) is 1.79. The van der Waals surface area contributed by atoms with Gasteiger partial charge in [-0.15, -0.1) is 0 Å². The summed E-state index contributed by atoms with van der Waals surface area (Å²) in [5.74, 6) is -0.179. The number of rotatable bonds is 4. The van der Waals surface area contributed by atoms with Gasteiger partial charge in [-0.1, -0.05) is 6.92 Å². The van der Waals surface area contributed by atoms with Gasteiger partial charge in [0, 0.05) is 12.7 Å². The molecule has 0 spiro atoms. The maximum Gasteiger partial charge on any atom is 0.255 e. The first-order chi connectivity index (χ1) is 7.10. The zero-order chi connectivity index (χ0) is 11.4. The summed E-state index contributed by atoms with van der Waals surface area (Å²) in [5, 5.41) is 15.7. The summed E-state index contributed by atoms with van der Waals surface area (Å²) in [6.07, 6.45) is 2.25. The van der Waals surface area contributed by atoms with Gasteiger partial charge in [-0.3, -0.25) is 9.48 Å². The molecule has 1 atom stereocenters. The van der Waals surface area contributed by atoms with E-state index in [4.69, 9.17) is 5.11 Å². The Morgan fingerprint density at radius 3 is 2.80 bits per heavy atom. The number of carbonyl (C=O) groups excluding carboxylic acids is 1. The number of amides is 1. The average molecular weight is 211 g/mol. The normalized spacial score (nSPS) is 12.5. The van der Waals surface area contributed by atoms with Crippen LogP contribution < -0.4 is 5.32 Å². The monoisotopic (exact) mass is 211 g/mol. The van der Waals surface area contributed by atoms with E-state index in [1.54, 1.807) is 11.7 Å². The summed E-state index contributed by atoms with van der Waals surface area (Å²) < 4.78 is 1.65. The lowest BCUT2D eigenvalue weighted by atomic mass is 10.2. The van der Waals surface area contributed by atoms with Gasteiger partial charge in [0.05, 0.1) is 24.4 Å². The van der Waals surface area contributed by atoms with Crippen LogP contribution in [0.2, 0.25) is 0 Å². The van der Waals surface area contributed by atoms with Crippen molar-refractivity contribution in [1.29, 1.82) is 0 Å². The van der Waals surface area contributed by atoms with Crippen LogP contribution in [-0.4, -0.2) is 33.4 Å². The Kier molecular flexibility index (Phi) is 3.85. The fraction of sp³-hybridized carbons (Fsp3) is 0.600. The summed E-state index contributed by atoms with van der Waals surface area (Å²) in [6.45, 7) is 3.71. The largest absolute Gasteiger partial charge is 0.394 e. The second-order valence-corrected chi connectivity index (χ2v) is 3.53. The molecule has 0 saturated carbocycles. The van der Waals surface area contributed by atoms with Crippen molar-refractivity contribution in [3.63, 3.8) is 0 Å². The van der Waals surface area contributed by atoms with Gasteiger partial charge in [0.25, 0.3) is 5.91 Å². The molecular formula is C10H17N3O2. The van der Waals surface area contributed by atoms with E-state index < -0.39 is 0 Å². The van der Waals surface area contributed by atoms with Crippen LogP contribution in [0.4, 0.5) is 0 Å². The Bertz CT molecular complexity index is 342. The maximum absolute atomic E-state index is 11.7. The maximum atomic E-state index is 11.7. The summed E-state index contributed by atoms with van der Waals surface area (Å²) in [5.41, 5.74) is 1.38. The van der Waals surface area contributed by atoms with Crippen molar-refractivity contribution >= 4 is 5.91 Å². The van der Waals surface area contributed by atoms with Gasteiger partial charge in [-0.2, -0.15) is 5.10 Å². The molecule has 1 aromatic rings. The van der Waals surface area contributed by atoms with Crippen LogP contribution in [0, 0.1) is 6.92 Å². The molecule has 1 aromatic heterocycles. The predicted molar refractivity (Wildman–Crippen MR) is 56.6 cm³/mol. The molecule has 15 heavy (non-hydrogen) atoms. The molecular weight excluding hydrogens is 194 g/mol. The van der Waals surface area contributed by atoms with E-state index in [9.17, 15) is 4.79 Å². The standard InChI is InChI=1S/C10H17N3O2/c1-4-8(6-14)12-10(15)9-5-11-13(3)7(9)2/h5,8,14H,4,6H2,1-3H3,(H,12,15). The Hall–Kier alpha value is -1.36. The van der Waals surface area contributed by atoms with Crippen LogP contribution in [0.3, 0.4) is 0 Å². The molecule has 1 rings (SSSR count). The first-order valence-electron chi connectivity index (χ1n) is 5.00. The van der Waals surface area contributed by atoms with E-state index in [0.717, 1.165) is 5.69 Å². The second kappa shape index (κ2) is 4.93. The highest BCUT2D eigenvalue weighted by molar-refractivity contribution is 5.95. The van der Waals surface area contributed by atoms with E-state index in [0.29, 0.717) is 12.0 Å². The number of aliphatic hydroxyl groups is 1. The lowest BCUT2D eigenvalue weighted by Gasteiger charge is -2.13. The third-order valence-electron chi connectivity index (χ3n) is 2.53. The Balaban J connectivity index is 2.73. The topological polar surface area (TPSA) is 67.2 Å². The molecule has 1 heterocycles. The number of aliphatic hydroxyl groups excluding tert-OH is 1. The Labute approximate surface area is 89.1 Å². The quantitative estimate of drug-likeness (QED) is 0.749. The lowest BCUT2D eigenvalue weighted by molar-refractivity contribution is 0.0914. The minimum Gasteiger partial charge on any atom is -0.394 e. The molecule has 2 N–H and O–H groups in total. The summed E-state index contributed by atoms with van der Waals surface area (Å²) >= 11 is 0. The van der Waals surface area contributed by atoms with Gasteiger partial charge in [0.15, 0.2) is 0 Å². The first kappa shape index (κ1) is 11.7. The number of hydrogen-bond acceptors (Lipinski definition) is 3. The van der Waals surface area contributed by atoms with E-state index in [-0.39, 0.29) is 18.6 Å². The molecule has 84 valence electrons. The van der Waals surface area contributed by atoms with E-state index in [2.05, 4.69) is 10.4 Å². The molecule has 0 fully saturated rings. The number of hydrogen-bond donors (Lipinski definition) is 2. The molecule has 5 heteroatoms. The van der Waals surface area contributed by atoms with Gasteiger partial charge < -0.3 is 10.4 Å². The Morgan fingerprint density at radius 2 is 2.40 bits per heavy atom. The zero-order valence-corrected chi connectivity index (χ0v) is 9.32. The van der Waals surface area contributed by atoms with Gasteiger partial charge in [0.2, 0.25) is 0 Å². The van der Waals surface area contributed by atoms with Crippen molar-refractivity contribution in [2.45, 2.75) is 26.3 Å². The molecule has 0 aliphatic carbocycles. The molecule has 5 nitrogen and oxygen atoms in total. The van der Waals surface area contributed by atoms with Gasteiger partial charge in [-0.25, -0.2) is 0 Å². The fourth-order valence-corrected chi connectivity index (χ4v) is 1.26. The van der Waals surface area contributed by atoms with Crippen LogP contribution >= 0.6 is 0 Å². The zero-order valence-electron chi connectivity index (χ0n) is 9.32. The van der Waals surface area contributed by atoms with E-state index in [1.807, 2.05) is 13.8 Å². The minimum atomic E-state index is -0.183. The van der Waals surface area contributed by atoms with Crippen molar-refractivity contribution in [2.24, 2.45) is 7.05 Å². The van der Waals surface area contributed by atoms with E-state index >= 15 is 0 Å². The Morgan fingerprint density at radius 1 is 1.73 bits per heavy atom. The van der Waals surface area contributed by atoms with Crippen molar-refractivity contribution in [1.82, 2.24) is 15.1 Å². The first-order valence-corrected chi connectivity index (χ1v) is 5.00. The minimum absolute atomic E-state index is 0.0401. The fourth-order valence-electron chi connectivity index (χ4n) is 1.26. The molecule has 1 unspecified atom stereocenters. The van der Waals surface area contributed by atoms with Gasteiger partial charge in [-0.05, 0) is 13.3 Å². The highest BCUT2D eigenvalue weighted by atomic mass is 16.3. The predicted octanol–water partition coefficient (Wildman–Crippen LogP) is 0.229. The smallest absolute Gasteiger partial charge is 0.255 e. The third-order valence-corrected chi connectivity index (χ3v) is 2.53. The van der Waals surface area contributed by atoms with Gasteiger partial charge >= 0.3 is 0 Å². The van der Waals surface area contributed by atoms with Crippen molar-refractivity contribution in [2.75, 3.05) is 6.61 Å². The number of nitrogens with one attached hydrogen (secondary N) is 1. The lowest BCUT2D eigenvalue weighted by Crippen LogP contribution is -2.37. The number of nitrogens with zero attached hydrogens (tertiary/aromatic N) is 2. The van der Waals surface area contributed by atoms with Gasteiger partial charge in [0.1, 0.15) is 0 Å². The molecule has 0 aliphatic rings. The molecule has 0 aromatic carbocycles. The van der Waals surface area contributed by atoms with Crippen LogP contribution in [-0.2, 0) is 7.05 Å². The van der Waals surface area contributed by atoms with Crippen LogP contribution in [0.25, 0.3) is 0 Å². The van der Waals surface area contributed by atoms with Crippen LogP contribution in [0.1, 0.15) is 29.4 Å². The third kappa shape index (κ3) is 2.56. The highest BCUT2D eigenvalue weighted by Gasteiger charge is 2.15. The molecule has 0 aliphatic heterocycles. The number of carbonyl (C=O) groups is 1. The molecule has 0 bridgehead atoms. The van der Waals surface area contributed by atoms with Crippen molar-refractivity contribution < 1.29 is 9.90 Å². The number of aryl methyl sites for hydroxylation is 1. The number of aromatic nitrogens is 2. The van der Waals surface area contributed by atoms with Crippen LogP contribution in [0.5, 0.6) is 0 Å². The molecule has 0 radical (unpaired) electrons. The van der Waals surface area contributed by atoms with E-state index in [1.165, 1.54) is 6.20 Å². The van der Waals surface area contributed by atoms with Crippen LogP contribution in [0.15, 0.2) is 6.20 Å². The van der Waals surface area contributed by atoms with Crippen molar-refractivity contribution in [3.05, 3.63) is 17.5 Å². The van der Waals surface area contributed by atoms with Crippen molar-refractivity contribution in [3.8, 4) is 0 Å². The SMILES string of the molecule is CCC(CO)NC(=O)c1cnn(C)c1C. The summed E-state index contributed by atoms with van der Waals surface area (Å²) in [4.78, 5) is 11.7. The molecule has 0 saturated heterocycles. The second-order valence-electron chi connectivity index (χ2n) is 3.53.